The molecule has 1 aliphatic heterocycles. The van der Waals surface area contributed by atoms with E-state index in [1.54, 1.807) is 0 Å². The Morgan fingerprint density at radius 2 is 2.10 bits per heavy atom. The largest absolute Gasteiger partial charge is 0.467 e. The Morgan fingerprint density at radius 1 is 1.43 bits per heavy atom. The van der Waals surface area contributed by atoms with E-state index in [1.807, 2.05) is 20.8 Å². The lowest BCUT2D eigenvalue weighted by Gasteiger charge is -2.23. The smallest absolute Gasteiger partial charge is 0.328 e. The van der Waals surface area contributed by atoms with Crippen molar-refractivity contribution in [1.82, 2.24) is 14.5 Å². The molecule has 1 aliphatic rings. The molecule has 0 saturated carbocycles. The summed E-state index contributed by atoms with van der Waals surface area (Å²) in [6.07, 6.45) is -0.535. The van der Waals surface area contributed by atoms with Crippen molar-refractivity contribution in [1.29, 1.82) is 0 Å². The summed E-state index contributed by atoms with van der Waals surface area (Å²) < 4.78 is 8.56. The van der Waals surface area contributed by atoms with Gasteiger partial charge in [-0.05, 0) is 11.5 Å². The maximum atomic E-state index is 12.7. The fourth-order valence-electron chi connectivity index (χ4n) is 2.35. The standard InChI is InChI=1S/C13H19N3O4S/c1-13(2,3)10-9(21-15-14-10)11(18)16-6-7(17)5-8(16)12(19)20-4/h7-8,17H,5-6H2,1-4H3. The molecule has 0 spiro atoms. The van der Waals surface area contributed by atoms with Crippen LogP contribution in [0.4, 0.5) is 0 Å². The zero-order valence-electron chi connectivity index (χ0n) is 12.5. The summed E-state index contributed by atoms with van der Waals surface area (Å²) >= 11 is 1.01. The number of methoxy groups -OCH3 is 1. The van der Waals surface area contributed by atoms with Gasteiger partial charge >= 0.3 is 5.97 Å². The summed E-state index contributed by atoms with van der Waals surface area (Å²) in [5.74, 6) is -0.850. The van der Waals surface area contributed by atoms with Crippen molar-refractivity contribution >= 4 is 23.4 Å². The van der Waals surface area contributed by atoms with Crippen molar-refractivity contribution in [3.8, 4) is 0 Å². The predicted molar refractivity (Wildman–Crippen MR) is 76.1 cm³/mol. The summed E-state index contributed by atoms with van der Waals surface area (Å²) in [5.41, 5.74) is 0.277. The highest BCUT2D eigenvalue weighted by molar-refractivity contribution is 7.08. The Hall–Kier alpha value is -1.54. The van der Waals surface area contributed by atoms with Crippen molar-refractivity contribution in [3.63, 3.8) is 0 Å². The fraction of sp³-hybridized carbons (Fsp3) is 0.692. The second-order valence-electron chi connectivity index (χ2n) is 6.09. The van der Waals surface area contributed by atoms with Crippen molar-refractivity contribution < 1.29 is 19.4 Å². The summed E-state index contributed by atoms with van der Waals surface area (Å²) in [7, 11) is 1.27. The van der Waals surface area contributed by atoms with E-state index in [0.717, 1.165) is 11.5 Å². The lowest BCUT2D eigenvalue weighted by Crippen LogP contribution is -2.41. The molecular weight excluding hydrogens is 294 g/mol. The number of hydrogen-bond donors (Lipinski definition) is 1. The highest BCUT2D eigenvalue weighted by Gasteiger charge is 2.42. The van der Waals surface area contributed by atoms with E-state index in [4.69, 9.17) is 4.74 Å². The molecule has 1 saturated heterocycles. The first kappa shape index (κ1) is 15.8. The minimum absolute atomic E-state index is 0.111. The third-order valence-corrected chi connectivity index (χ3v) is 4.12. The number of β-amino-alcohol motifs (C(OH)–C–C–N with tert-alkyl or cyclic N) is 1. The lowest BCUT2D eigenvalue weighted by atomic mass is 9.91. The van der Waals surface area contributed by atoms with Gasteiger partial charge in [-0.15, -0.1) is 5.10 Å². The number of ether oxygens (including phenoxy) is 1. The van der Waals surface area contributed by atoms with Gasteiger partial charge in [0.15, 0.2) is 0 Å². The number of likely N-dealkylation sites (tertiary alicyclic amines) is 1. The number of esters is 1. The van der Waals surface area contributed by atoms with Crippen LogP contribution in [0.5, 0.6) is 0 Å². The van der Waals surface area contributed by atoms with Gasteiger partial charge in [-0.25, -0.2) is 4.79 Å². The number of amides is 1. The molecule has 2 unspecified atom stereocenters. The molecule has 2 atom stereocenters. The fourth-order valence-corrected chi connectivity index (χ4v) is 3.18. The number of aliphatic hydroxyl groups is 1. The molecular formula is C13H19N3O4S. The molecule has 8 heteroatoms. The molecule has 0 radical (unpaired) electrons. The van der Waals surface area contributed by atoms with Gasteiger partial charge in [-0.2, -0.15) is 0 Å². The van der Waals surface area contributed by atoms with E-state index in [-0.39, 0.29) is 24.3 Å². The Labute approximate surface area is 127 Å². The van der Waals surface area contributed by atoms with Crippen LogP contribution in [-0.2, 0) is 14.9 Å². The van der Waals surface area contributed by atoms with Gasteiger partial charge in [0.2, 0.25) is 0 Å². The van der Waals surface area contributed by atoms with Crippen LogP contribution in [-0.4, -0.2) is 57.3 Å². The number of carbonyl (C=O) groups is 2. The molecule has 0 aliphatic carbocycles. The summed E-state index contributed by atoms with van der Waals surface area (Å²) in [5, 5.41) is 13.8. The molecule has 0 aromatic carbocycles. The molecule has 1 amide bonds. The van der Waals surface area contributed by atoms with E-state index in [2.05, 4.69) is 9.59 Å². The van der Waals surface area contributed by atoms with Gasteiger partial charge in [-0.3, -0.25) is 4.79 Å². The summed E-state index contributed by atoms with van der Waals surface area (Å²) in [6.45, 7) is 5.94. The highest BCUT2D eigenvalue weighted by Crippen LogP contribution is 2.29. The average molecular weight is 313 g/mol. The molecule has 2 heterocycles. The molecule has 1 N–H and O–H groups in total. The van der Waals surface area contributed by atoms with Crippen LogP contribution in [0.15, 0.2) is 0 Å². The molecule has 7 nitrogen and oxygen atoms in total. The first-order valence-electron chi connectivity index (χ1n) is 6.65. The monoisotopic (exact) mass is 313 g/mol. The quantitative estimate of drug-likeness (QED) is 0.803. The van der Waals surface area contributed by atoms with Crippen LogP contribution in [0.1, 0.15) is 42.6 Å². The number of aromatic nitrogens is 2. The third-order valence-electron chi connectivity index (χ3n) is 3.41. The van der Waals surface area contributed by atoms with E-state index in [1.165, 1.54) is 12.0 Å². The molecule has 0 bridgehead atoms. The van der Waals surface area contributed by atoms with E-state index in [9.17, 15) is 14.7 Å². The number of rotatable bonds is 2. The summed E-state index contributed by atoms with van der Waals surface area (Å²) in [6, 6.07) is -0.757. The Kier molecular flexibility index (Phi) is 4.29. The number of nitrogens with zero attached hydrogens (tertiary/aromatic N) is 3. The molecule has 2 rings (SSSR count). The number of hydrogen-bond acceptors (Lipinski definition) is 7. The van der Waals surface area contributed by atoms with Gasteiger partial charge in [0.1, 0.15) is 10.9 Å². The molecule has 1 fully saturated rings. The third kappa shape index (κ3) is 3.06. The van der Waals surface area contributed by atoms with Crippen LogP contribution in [0.3, 0.4) is 0 Å². The van der Waals surface area contributed by atoms with E-state index >= 15 is 0 Å². The van der Waals surface area contributed by atoms with E-state index in [0.29, 0.717) is 10.6 Å². The number of aliphatic hydroxyl groups excluding tert-OH is 1. The number of carbonyl (C=O) groups excluding carboxylic acids is 2. The Morgan fingerprint density at radius 3 is 2.67 bits per heavy atom. The van der Waals surface area contributed by atoms with Crippen LogP contribution in [0, 0.1) is 0 Å². The zero-order chi connectivity index (χ0) is 15.8. The van der Waals surface area contributed by atoms with Gasteiger partial charge < -0.3 is 14.7 Å². The van der Waals surface area contributed by atoms with Crippen molar-refractivity contribution in [2.75, 3.05) is 13.7 Å². The predicted octanol–water partition coefficient (Wildman–Crippen LogP) is 0.584. The van der Waals surface area contributed by atoms with Gasteiger partial charge in [0, 0.05) is 18.4 Å². The molecule has 1 aromatic rings. The molecule has 116 valence electrons. The van der Waals surface area contributed by atoms with Crippen LogP contribution < -0.4 is 0 Å². The van der Waals surface area contributed by atoms with Crippen molar-refractivity contribution in [3.05, 3.63) is 10.6 Å². The van der Waals surface area contributed by atoms with Gasteiger partial charge in [0.25, 0.3) is 5.91 Å². The van der Waals surface area contributed by atoms with Crippen molar-refractivity contribution in [2.45, 2.75) is 44.8 Å². The van der Waals surface area contributed by atoms with Crippen LogP contribution in [0.25, 0.3) is 0 Å². The first-order chi connectivity index (χ1) is 9.75. The minimum Gasteiger partial charge on any atom is -0.467 e. The van der Waals surface area contributed by atoms with Crippen LogP contribution >= 0.6 is 11.5 Å². The summed E-state index contributed by atoms with van der Waals surface area (Å²) in [4.78, 5) is 26.2. The van der Waals surface area contributed by atoms with Gasteiger partial charge in [-0.1, -0.05) is 25.3 Å². The zero-order valence-corrected chi connectivity index (χ0v) is 13.3. The van der Waals surface area contributed by atoms with Crippen molar-refractivity contribution in [2.24, 2.45) is 0 Å². The SMILES string of the molecule is COC(=O)C1CC(O)CN1C(=O)c1snnc1C(C)(C)C. The normalized spacial score (nSPS) is 22.4. The Balaban J connectivity index is 2.31. The highest BCUT2D eigenvalue weighted by atomic mass is 32.1. The van der Waals surface area contributed by atoms with E-state index < -0.39 is 18.1 Å². The maximum Gasteiger partial charge on any atom is 0.328 e. The topological polar surface area (TPSA) is 92.6 Å². The molecule has 1 aromatic heterocycles. The maximum absolute atomic E-state index is 12.7. The minimum atomic E-state index is -0.757. The second-order valence-corrected chi connectivity index (χ2v) is 6.84. The van der Waals surface area contributed by atoms with Crippen LogP contribution in [0.2, 0.25) is 0 Å². The van der Waals surface area contributed by atoms with Gasteiger partial charge in [0.05, 0.1) is 18.9 Å². The molecule has 21 heavy (non-hydrogen) atoms. The second kappa shape index (κ2) is 5.69. The average Bonchev–Trinajstić information content (AvgIpc) is 3.02. The first-order valence-corrected chi connectivity index (χ1v) is 7.42. The Bertz CT molecular complexity index is 552. The lowest BCUT2D eigenvalue weighted by molar-refractivity contribution is -0.145.